The van der Waals surface area contributed by atoms with E-state index in [1.54, 1.807) is 30.3 Å². The second kappa shape index (κ2) is 10.5. The monoisotopic (exact) mass is 494 g/mol. The molecule has 0 unspecified atom stereocenters. The fourth-order valence-corrected chi connectivity index (χ4v) is 5.41. The molecule has 1 aliphatic heterocycles. The van der Waals surface area contributed by atoms with Crippen LogP contribution in [0, 0.1) is 5.82 Å². The highest BCUT2D eigenvalue weighted by molar-refractivity contribution is 7.10. The highest BCUT2D eigenvalue weighted by Crippen LogP contribution is 2.38. The van der Waals surface area contributed by atoms with Crippen LogP contribution >= 0.6 is 11.3 Å². The van der Waals surface area contributed by atoms with Gasteiger partial charge in [0.05, 0.1) is 6.42 Å². The Balaban J connectivity index is 1.55. The number of hydrogen-bond acceptors (Lipinski definition) is 5. The topological polar surface area (TPSA) is 67.9 Å². The maximum absolute atomic E-state index is 13.8. The van der Waals surface area contributed by atoms with E-state index in [1.165, 1.54) is 28.4 Å². The number of benzene rings is 2. The van der Waals surface area contributed by atoms with Gasteiger partial charge in [0.1, 0.15) is 11.9 Å². The van der Waals surface area contributed by atoms with Crippen LogP contribution in [0.3, 0.4) is 0 Å². The van der Waals surface area contributed by atoms with Gasteiger partial charge in [-0.15, -0.1) is 11.3 Å². The summed E-state index contributed by atoms with van der Waals surface area (Å²) in [6.45, 7) is 0.103. The number of nitrogens with zero attached hydrogens (tertiary/aromatic N) is 1. The van der Waals surface area contributed by atoms with E-state index in [9.17, 15) is 14.0 Å². The van der Waals surface area contributed by atoms with Crippen LogP contribution in [-0.4, -0.2) is 24.6 Å². The van der Waals surface area contributed by atoms with Gasteiger partial charge in [-0.25, -0.2) is 4.39 Å². The second-order valence-corrected chi connectivity index (χ2v) is 9.89. The van der Waals surface area contributed by atoms with E-state index >= 15 is 0 Å². The van der Waals surface area contributed by atoms with Gasteiger partial charge in [0.25, 0.3) is 0 Å². The molecular formula is C27H27FN2O4S. The summed E-state index contributed by atoms with van der Waals surface area (Å²) in [7, 11) is 0. The SMILES string of the molecule is O=C(NC1CCCCC1)[C@H](c1ccc(F)cc1)N(C(=O)Cc1cccs1)c1ccc2c(c1)OCO2. The van der Waals surface area contributed by atoms with Gasteiger partial charge in [0, 0.05) is 22.7 Å². The molecule has 2 heterocycles. The number of thiophene rings is 1. The quantitative estimate of drug-likeness (QED) is 0.479. The first-order valence-electron chi connectivity index (χ1n) is 11.9. The molecule has 2 aliphatic rings. The molecule has 0 spiro atoms. The van der Waals surface area contributed by atoms with E-state index in [2.05, 4.69) is 5.32 Å². The van der Waals surface area contributed by atoms with Gasteiger partial charge in [-0.05, 0) is 54.1 Å². The zero-order valence-corrected chi connectivity index (χ0v) is 20.1. The minimum atomic E-state index is -0.967. The van der Waals surface area contributed by atoms with Crippen molar-refractivity contribution in [2.45, 2.75) is 50.6 Å². The number of halogens is 1. The fourth-order valence-electron chi connectivity index (χ4n) is 4.71. The van der Waals surface area contributed by atoms with E-state index in [1.807, 2.05) is 17.5 Å². The van der Waals surface area contributed by atoms with Gasteiger partial charge in [-0.1, -0.05) is 37.5 Å². The number of anilines is 1. The van der Waals surface area contributed by atoms with Crippen molar-refractivity contribution in [3.63, 3.8) is 0 Å². The maximum atomic E-state index is 13.8. The number of rotatable bonds is 7. The zero-order chi connectivity index (χ0) is 24.2. The lowest BCUT2D eigenvalue weighted by atomic mass is 9.94. The number of hydrogen-bond donors (Lipinski definition) is 1. The smallest absolute Gasteiger partial charge is 0.248 e. The molecule has 1 aliphatic carbocycles. The molecule has 1 atom stereocenters. The van der Waals surface area contributed by atoms with Crippen molar-refractivity contribution < 1.29 is 23.5 Å². The summed E-state index contributed by atoms with van der Waals surface area (Å²) in [4.78, 5) is 30.0. The lowest BCUT2D eigenvalue weighted by Gasteiger charge is -2.33. The van der Waals surface area contributed by atoms with Crippen LogP contribution in [0.2, 0.25) is 0 Å². The third-order valence-electron chi connectivity index (χ3n) is 6.45. The summed E-state index contributed by atoms with van der Waals surface area (Å²) in [5.74, 6) is 0.186. The Morgan fingerprint density at radius 2 is 1.80 bits per heavy atom. The molecule has 1 fully saturated rings. The first-order valence-corrected chi connectivity index (χ1v) is 12.8. The Morgan fingerprint density at radius 3 is 2.54 bits per heavy atom. The Hall–Kier alpha value is -3.39. The third-order valence-corrected chi connectivity index (χ3v) is 7.33. The first-order chi connectivity index (χ1) is 17.1. The van der Waals surface area contributed by atoms with Crippen LogP contribution in [0.4, 0.5) is 10.1 Å². The summed E-state index contributed by atoms with van der Waals surface area (Å²) in [6.07, 6.45) is 5.26. The zero-order valence-electron chi connectivity index (χ0n) is 19.2. The second-order valence-electron chi connectivity index (χ2n) is 8.86. The van der Waals surface area contributed by atoms with Gasteiger partial charge in [-0.2, -0.15) is 0 Å². The molecule has 0 saturated heterocycles. The summed E-state index contributed by atoms with van der Waals surface area (Å²) >= 11 is 1.49. The van der Waals surface area contributed by atoms with Crippen molar-refractivity contribution in [2.24, 2.45) is 0 Å². The largest absolute Gasteiger partial charge is 0.454 e. The van der Waals surface area contributed by atoms with E-state index < -0.39 is 11.9 Å². The predicted molar refractivity (Wildman–Crippen MR) is 132 cm³/mol. The average molecular weight is 495 g/mol. The van der Waals surface area contributed by atoms with Crippen LogP contribution < -0.4 is 19.7 Å². The molecule has 3 aromatic rings. The Bertz CT molecular complexity index is 1180. The standard InChI is InChI=1S/C27H27FN2O4S/c28-19-10-8-18(9-11-19)26(27(32)29-20-5-2-1-3-6-20)30(25(31)16-22-7-4-14-35-22)21-12-13-23-24(15-21)34-17-33-23/h4,7-15,20,26H,1-3,5-6,16-17H2,(H,29,32)/t26-/m0/s1. The van der Waals surface area contributed by atoms with Crippen molar-refractivity contribution >= 4 is 28.8 Å². The molecule has 2 aromatic carbocycles. The summed E-state index contributed by atoms with van der Waals surface area (Å²) in [5.41, 5.74) is 1.06. The number of carbonyl (C=O) groups is 2. The van der Waals surface area contributed by atoms with Gasteiger partial charge in [0.15, 0.2) is 11.5 Å². The molecule has 0 radical (unpaired) electrons. The molecular weight excluding hydrogens is 467 g/mol. The minimum Gasteiger partial charge on any atom is -0.454 e. The van der Waals surface area contributed by atoms with Crippen molar-refractivity contribution in [3.05, 3.63) is 76.2 Å². The number of carbonyl (C=O) groups excluding carboxylic acids is 2. The number of nitrogens with one attached hydrogen (secondary N) is 1. The lowest BCUT2D eigenvalue weighted by molar-refractivity contribution is -0.127. The number of ether oxygens (including phenoxy) is 2. The average Bonchev–Trinajstić information content (AvgIpc) is 3.55. The molecule has 35 heavy (non-hydrogen) atoms. The van der Waals surface area contributed by atoms with Crippen molar-refractivity contribution in [2.75, 3.05) is 11.7 Å². The third kappa shape index (κ3) is 5.32. The van der Waals surface area contributed by atoms with Crippen LogP contribution in [0.15, 0.2) is 60.0 Å². The van der Waals surface area contributed by atoms with E-state index in [4.69, 9.17) is 9.47 Å². The molecule has 6 nitrogen and oxygen atoms in total. The van der Waals surface area contributed by atoms with Gasteiger partial charge in [-0.3, -0.25) is 14.5 Å². The van der Waals surface area contributed by atoms with E-state index in [0.29, 0.717) is 22.7 Å². The maximum Gasteiger partial charge on any atom is 0.248 e. The molecule has 0 bridgehead atoms. The molecule has 182 valence electrons. The van der Waals surface area contributed by atoms with Crippen LogP contribution in [0.5, 0.6) is 11.5 Å². The normalized spacial score (nSPS) is 16.0. The molecule has 2 amide bonds. The van der Waals surface area contributed by atoms with Crippen LogP contribution in [-0.2, 0) is 16.0 Å². The molecule has 1 N–H and O–H groups in total. The Morgan fingerprint density at radius 1 is 1.03 bits per heavy atom. The van der Waals surface area contributed by atoms with Crippen molar-refractivity contribution in [1.82, 2.24) is 5.32 Å². The highest BCUT2D eigenvalue weighted by atomic mass is 32.1. The van der Waals surface area contributed by atoms with Crippen LogP contribution in [0.1, 0.15) is 48.6 Å². The molecule has 1 aromatic heterocycles. The van der Waals surface area contributed by atoms with Gasteiger partial charge >= 0.3 is 0 Å². The molecule has 5 rings (SSSR count). The van der Waals surface area contributed by atoms with Crippen LogP contribution in [0.25, 0.3) is 0 Å². The van der Waals surface area contributed by atoms with Crippen molar-refractivity contribution in [1.29, 1.82) is 0 Å². The highest BCUT2D eigenvalue weighted by Gasteiger charge is 2.35. The fraction of sp³-hybridized carbons (Fsp3) is 0.333. The van der Waals surface area contributed by atoms with Gasteiger partial charge in [0.2, 0.25) is 18.6 Å². The van der Waals surface area contributed by atoms with Gasteiger partial charge < -0.3 is 14.8 Å². The lowest BCUT2D eigenvalue weighted by Crippen LogP contribution is -2.47. The molecule has 1 saturated carbocycles. The minimum absolute atomic E-state index is 0.0604. The number of fused-ring (bicyclic) bond motifs is 1. The van der Waals surface area contributed by atoms with E-state index in [0.717, 1.165) is 37.0 Å². The Labute approximate surface area is 207 Å². The summed E-state index contributed by atoms with van der Waals surface area (Å²) in [5, 5.41) is 5.09. The Kier molecular flexibility index (Phi) is 6.99. The predicted octanol–water partition coefficient (Wildman–Crippen LogP) is 5.38. The molecule has 8 heteroatoms. The summed E-state index contributed by atoms with van der Waals surface area (Å²) in [6, 6.07) is 13.9. The number of amides is 2. The summed E-state index contributed by atoms with van der Waals surface area (Å²) < 4.78 is 24.8. The first kappa shape index (κ1) is 23.4. The van der Waals surface area contributed by atoms with E-state index in [-0.39, 0.29) is 31.1 Å². The van der Waals surface area contributed by atoms with Crippen molar-refractivity contribution in [3.8, 4) is 11.5 Å².